The average molecular weight is 254 g/mol. The number of hydrogen-bond acceptors (Lipinski definition) is 3. The fourth-order valence-corrected chi connectivity index (χ4v) is 1.91. The fraction of sp³-hybridized carbons (Fsp3) is 0.786. The molecule has 4 heteroatoms. The van der Waals surface area contributed by atoms with Gasteiger partial charge in [0.15, 0.2) is 0 Å². The van der Waals surface area contributed by atoms with Crippen molar-refractivity contribution in [1.82, 2.24) is 10.2 Å². The molecule has 1 saturated heterocycles. The first-order valence-corrected chi connectivity index (χ1v) is 6.66. The molecule has 18 heavy (non-hydrogen) atoms. The molecule has 1 aliphatic heterocycles. The van der Waals surface area contributed by atoms with E-state index < -0.39 is 5.60 Å². The zero-order valence-electron chi connectivity index (χ0n) is 12.0. The van der Waals surface area contributed by atoms with Crippen molar-refractivity contribution in [2.45, 2.75) is 58.2 Å². The maximum absolute atomic E-state index is 11.7. The number of hydrogen-bond donors (Lipinski definition) is 1. The molecule has 0 bridgehead atoms. The number of amides is 1. The summed E-state index contributed by atoms with van der Waals surface area (Å²) in [6.45, 7) is 13.0. The molecule has 0 saturated carbocycles. The van der Waals surface area contributed by atoms with Gasteiger partial charge < -0.3 is 15.0 Å². The molecule has 1 rings (SSSR count). The third-order valence-corrected chi connectivity index (χ3v) is 2.86. The van der Waals surface area contributed by atoms with Crippen LogP contribution in [0.15, 0.2) is 12.7 Å². The van der Waals surface area contributed by atoms with Crippen LogP contribution in [-0.4, -0.2) is 41.8 Å². The van der Waals surface area contributed by atoms with Gasteiger partial charge >= 0.3 is 6.09 Å². The molecule has 1 fully saturated rings. The fourth-order valence-electron chi connectivity index (χ4n) is 1.91. The number of nitrogens with one attached hydrogen (secondary N) is 1. The molecule has 1 heterocycles. The van der Waals surface area contributed by atoms with Gasteiger partial charge in [-0.25, -0.2) is 4.79 Å². The number of nitrogens with zero attached hydrogens (tertiary/aromatic N) is 1. The quantitative estimate of drug-likeness (QED) is 0.767. The van der Waals surface area contributed by atoms with Gasteiger partial charge in [0, 0.05) is 25.2 Å². The summed E-state index contributed by atoms with van der Waals surface area (Å²) in [4.78, 5) is 13.4. The van der Waals surface area contributed by atoms with Crippen molar-refractivity contribution in [3.63, 3.8) is 0 Å². The molecule has 0 radical (unpaired) electrons. The highest BCUT2D eigenvalue weighted by Gasteiger charge is 2.33. The van der Waals surface area contributed by atoms with Crippen molar-refractivity contribution in [3.05, 3.63) is 12.7 Å². The van der Waals surface area contributed by atoms with E-state index in [1.54, 1.807) is 4.90 Å². The summed E-state index contributed by atoms with van der Waals surface area (Å²) in [5.41, 5.74) is -0.410. The minimum atomic E-state index is -0.410. The van der Waals surface area contributed by atoms with E-state index in [9.17, 15) is 4.79 Å². The lowest BCUT2D eigenvalue weighted by Gasteiger charge is -2.41. The second kappa shape index (κ2) is 6.23. The highest BCUT2D eigenvalue weighted by molar-refractivity contribution is 5.69. The highest BCUT2D eigenvalue weighted by atomic mass is 16.6. The Balaban J connectivity index is 2.19. The summed E-state index contributed by atoms with van der Waals surface area (Å²) in [5.74, 6) is 0. The first kappa shape index (κ1) is 15.0. The van der Waals surface area contributed by atoms with Gasteiger partial charge in [-0.05, 0) is 40.5 Å². The molecule has 1 atom stereocenters. The zero-order chi connectivity index (χ0) is 13.8. The number of likely N-dealkylation sites (tertiary alicyclic amines) is 1. The molecule has 0 aliphatic carbocycles. The second-order valence-corrected chi connectivity index (χ2v) is 6.02. The molecule has 104 valence electrons. The minimum absolute atomic E-state index is 0.209. The Bertz CT molecular complexity index is 291. The molecule has 1 aliphatic rings. The summed E-state index contributed by atoms with van der Waals surface area (Å²) >= 11 is 0. The Morgan fingerprint density at radius 2 is 2.17 bits per heavy atom. The van der Waals surface area contributed by atoms with Crippen molar-refractivity contribution in [1.29, 1.82) is 0 Å². The van der Waals surface area contributed by atoms with Crippen molar-refractivity contribution in [3.8, 4) is 0 Å². The Labute approximate surface area is 110 Å². The largest absolute Gasteiger partial charge is 0.444 e. The third-order valence-electron chi connectivity index (χ3n) is 2.86. The van der Waals surface area contributed by atoms with Crippen LogP contribution in [0.1, 0.15) is 40.5 Å². The van der Waals surface area contributed by atoms with E-state index in [4.69, 9.17) is 4.74 Å². The number of rotatable bonds is 5. The van der Waals surface area contributed by atoms with E-state index in [0.29, 0.717) is 12.1 Å². The Morgan fingerprint density at radius 3 is 2.67 bits per heavy atom. The van der Waals surface area contributed by atoms with Crippen molar-refractivity contribution in [2.24, 2.45) is 0 Å². The molecule has 4 nitrogen and oxygen atoms in total. The molecule has 1 amide bonds. The van der Waals surface area contributed by atoms with E-state index in [1.807, 2.05) is 26.8 Å². The molecular formula is C14H26N2O2. The summed E-state index contributed by atoms with van der Waals surface area (Å²) in [6, 6.07) is 0.867. The molecule has 1 N–H and O–H groups in total. The standard InChI is InChI=1S/C14H26N2O2/c1-6-7-8-11(2)15-12-9-16(10-12)13(17)18-14(3,4)5/h6,11-12,15H,1,7-10H2,2-5H3. The summed E-state index contributed by atoms with van der Waals surface area (Å²) < 4.78 is 5.31. The third kappa shape index (κ3) is 5.08. The van der Waals surface area contributed by atoms with Crippen LogP contribution in [0.4, 0.5) is 4.79 Å². The monoisotopic (exact) mass is 254 g/mol. The Morgan fingerprint density at radius 1 is 1.56 bits per heavy atom. The maximum atomic E-state index is 11.7. The predicted octanol–water partition coefficient (Wildman–Crippen LogP) is 2.55. The highest BCUT2D eigenvalue weighted by Crippen LogP contribution is 2.15. The zero-order valence-corrected chi connectivity index (χ0v) is 12.0. The Kier molecular flexibility index (Phi) is 5.20. The SMILES string of the molecule is C=CCCC(C)NC1CN(C(=O)OC(C)(C)C)C1. The average Bonchev–Trinajstić information content (AvgIpc) is 2.16. The molecular weight excluding hydrogens is 228 g/mol. The topological polar surface area (TPSA) is 41.6 Å². The molecule has 0 aromatic carbocycles. The lowest BCUT2D eigenvalue weighted by Crippen LogP contribution is -2.61. The predicted molar refractivity (Wildman–Crippen MR) is 73.6 cm³/mol. The summed E-state index contributed by atoms with van der Waals surface area (Å²) in [5, 5.41) is 3.50. The number of ether oxygens (including phenoxy) is 1. The second-order valence-electron chi connectivity index (χ2n) is 6.02. The molecule has 0 spiro atoms. The van der Waals surface area contributed by atoms with Crippen molar-refractivity contribution in [2.75, 3.05) is 13.1 Å². The first-order chi connectivity index (χ1) is 8.31. The van der Waals surface area contributed by atoms with Crippen LogP contribution in [0, 0.1) is 0 Å². The first-order valence-electron chi connectivity index (χ1n) is 6.66. The van der Waals surface area contributed by atoms with Crippen LogP contribution in [0.5, 0.6) is 0 Å². The van der Waals surface area contributed by atoms with Gasteiger partial charge in [0.2, 0.25) is 0 Å². The van der Waals surface area contributed by atoms with Crippen molar-refractivity contribution < 1.29 is 9.53 Å². The van der Waals surface area contributed by atoms with Crippen molar-refractivity contribution >= 4 is 6.09 Å². The minimum Gasteiger partial charge on any atom is -0.444 e. The smallest absolute Gasteiger partial charge is 0.410 e. The van der Waals surface area contributed by atoms with Crippen LogP contribution in [0.2, 0.25) is 0 Å². The molecule has 0 aromatic rings. The van der Waals surface area contributed by atoms with Gasteiger partial charge in [-0.2, -0.15) is 0 Å². The van der Waals surface area contributed by atoms with E-state index in [2.05, 4.69) is 18.8 Å². The van der Waals surface area contributed by atoms with E-state index >= 15 is 0 Å². The van der Waals surface area contributed by atoms with Crippen LogP contribution in [0.25, 0.3) is 0 Å². The lowest BCUT2D eigenvalue weighted by atomic mass is 10.1. The van der Waals surface area contributed by atoms with Crippen LogP contribution < -0.4 is 5.32 Å². The van der Waals surface area contributed by atoms with Gasteiger partial charge in [0.25, 0.3) is 0 Å². The number of allylic oxidation sites excluding steroid dienone is 1. The summed E-state index contributed by atoms with van der Waals surface area (Å²) in [7, 11) is 0. The van der Waals surface area contributed by atoms with E-state index in [0.717, 1.165) is 25.9 Å². The lowest BCUT2D eigenvalue weighted by molar-refractivity contribution is 0.00428. The Hall–Kier alpha value is -1.03. The van der Waals surface area contributed by atoms with Gasteiger partial charge in [-0.1, -0.05) is 6.08 Å². The molecule has 1 unspecified atom stereocenters. The van der Waals surface area contributed by atoms with Crippen LogP contribution in [-0.2, 0) is 4.74 Å². The normalized spacial score (nSPS) is 18.1. The molecule has 0 aromatic heterocycles. The number of carbonyl (C=O) groups excluding carboxylic acids is 1. The van der Waals surface area contributed by atoms with Crippen LogP contribution in [0.3, 0.4) is 0 Å². The van der Waals surface area contributed by atoms with E-state index in [-0.39, 0.29) is 6.09 Å². The maximum Gasteiger partial charge on any atom is 0.410 e. The number of carbonyl (C=O) groups is 1. The van der Waals surface area contributed by atoms with Gasteiger partial charge in [0.05, 0.1) is 0 Å². The van der Waals surface area contributed by atoms with E-state index in [1.165, 1.54) is 0 Å². The van der Waals surface area contributed by atoms with Gasteiger partial charge in [0.1, 0.15) is 5.60 Å². The summed E-state index contributed by atoms with van der Waals surface area (Å²) in [6.07, 6.45) is 3.84. The van der Waals surface area contributed by atoms with Gasteiger partial charge in [-0.3, -0.25) is 0 Å². The van der Waals surface area contributed by atoms with Gasteiger partial charge in [-0.15, -0.1) is 6.58 Å². The van der Waals surface area contributed by atoms with Crippen LogP contribution >= 0.6 is 0 Å².